The predicted molar refractivity (Wildman–Crippen MR) is 81.2 cm³/mol. The summed E-state index contributed by atoms with van der Waals surface area (Å²) in [5, 5.41) is 2.04. The third-order valence-corrected chi connectivity index (χ3v) is 4.60. The third kappa shape index (κ3) is 2.90. The maximum Gasteiger partial charge on any atom is 0.263 e. The summed E-state index contributed by atoms with van der Waals surface area (Å²) < 4.78 is 0. The lowest BCUT2D eigenvalue weighted by atomic mass is 10.1. The zero-order chi connectivity index (χ0) is 13.9. The van der Waals surface area contributed by atoms with Crippen LogP contribution in [0.2, 0.25) is 0 Å². The number of hydrogen-bond donors (Lipinski definition) is 0. The quantitative estimate of drug-likeness (QED) is 0.844. The molecule has 104 valence electrons. The largest absolute Gasteiger partial charge is 0.341 e. The Hall–Kier alpha value is -1.68. The molecule has 2 heterocycles. The average Bonchev–Trinajstić information content (AvgIpc) is 3.22. The molecule has 1 aliphatic carbocycles. The number of rotatable bonds is 5. The summed E-state index contributed by atoms with van der Waals surface area (Å²) in [5.41, 5.74) is 2.28. The van der Waals surface area contributed by atoms with Crippen LogP contribution in [0.5, 0.6) is 0 Å². The lowest BCUT2D eigenvalue weighted by molar-refractivity contribution is 0.0800. The van der Waals surface area contributed by atoms with Crippen LogP contribution in [0.15, 0.2) is 35.8 Å². The second-order valence-corrected chi connectivity index (χ2v) is 6.19. The fraction of sp³-hybridized carbons (Fsp3) is 0.375. The molecule has 1 saturated carbocycles. The van der Waals surface area contributed by atoms with Gasteiger partial charge >= 0.3 is 0 Å². The Morgan fingerprint density at radius 3 is 2.95 bits per heavy atom. The number of thiophene rings is 1. The lowest BCUT2D eigenvalue weighted by Crippen LogP contribution is -2.29. The third-order valence-electron chi connectivity index (χ3n) is 3.68. The molecule has 4 heteroatoms. The smallest absolute Gasteiger partial charge is 0.263 e. The van der Waals surface area contributed by atoms with Crippen LogP contribution < -0.4 is 0 Å². The fourth-order valence-electron chi connectivity index (χ4n) is 2.31. The van der Waals surface area contributed by atoms with E-state index in [4.69, 9.17) is 0 Å². The number of likely N-dealkylation sites (N-methyl/N-ethyl adjacent to an activating group) is 1. The number of carbonyl (C=O) groups excluding carboxylic acids is 1. The topological polar surface area (TPSA) is 33.2 Å². The molecule has 3 nitrogen and oxygen atoms in total. The van der Waals surface area contributed by atoms with Crippen molar-refractivity contribution in [2.75, 3.05) is 13.6 Å². The zero-order valence-electron chi connectivity index (χ0n) is 11.6. The maximum atomic E-state index is 12.5. The molecular formula is C16H18N2OS. The predicted octanol–water partition coefficient (Wildman–Crippen LogP) is 3.34. The normalized spacial score (nSPS) is 14.2. The van der Waals surface area contributed by atoms with E-state index in [0.717, 1.165) is 17.0 Å². The molecule has 2 aromatic heterocycles. The number of nitrogens with zero attached hydrogens (tertiary/aromatic N) is 2. The molecule has 0 unspecified atom stereocenters. The van der Waals surface area contributed by atoms with Crippen molar-refractivity contribution in [3.8, 4) is 0 Å². The van der Waals surface area contributed by atoms with E-state index in [0.29, 0.717) is 12.5 Å². The van der Waals surface area contributed by atoms with Crippen LogP contribution in [0.25, 0.3) is 0 Å². The molecule has 0 aromatic carbocycles. The van der Waals surface area contributed by atoms with Crippen molar-refractivity contribution >= 4 is 17.2 Å². The van der Waals surface area contributed by atoms with Gasteiger partial charge in [-0.15, -0.1) is 11.3 Å². The Bertz CT molecular complexity index is 590. The van der Waals surface area contributed by atoms with Crippen LogP contribution in [0.1, 0.15) is 39.7 Å². The van der Waals surface area contributed by atoms with Crippen molar-refractivity contribution in [2.45, 2.75) is 25.2 Å². The van der Waals surface area contributed by atoms with Gasteiger partial charge in [0.05, 0.1) is 4.88 Å². The highest BCUT2D eigenvalue weighted by atomic mass is 32.1. The number of carbonyl (C=O) groups is 1. The molecule has 3 rings (SSSR count). The van der Waals surface area contributed by atoms with Crippen LogP contribution >= 0.6 is 11.3 Å². The Morgan fingerprint density at radius 1 is 1.40 bits per heavy atom. The van der Waals surface area contributed by atoms with Gasteiger partial charge in [-0.2, -0.15) is 0 Å². The molecule has 0 radical (unpaired) electrons. The second-order valence-electron chi connectivity index (χ2n) is 5.28. The first-order valence-electron chi connectivity index (χ1n) is 6.98. The molecule has 1 aliphatic rings. The monoisotopic (exact) mass is 286 g/mol. The van der Waals surface area contributed by atoms with Gasteiger partial charge in [-0.05, 0) is 47.9 Å². The van der Waals surface area contributed by atoms with Gasteiger partial charge < -0.3 is 4.90 Å². The molecule has 20 heavy (non-hydrogen) atoms. The van der Waals surface area contributed by atoms with Gasteiger partial charge in [0, 0.05) is 31.9 Å². The lowest BCUT2D eigenvalue weighted by Gasteiger charge is -2.17. The summed E-state index contributed by atoms with van der Waals surface area (Å²) in [6.45, 7) is 0.706. The number of pyridine rings is 1. The summed E-state index contributed by atoms with van der Waals surface area (Å²) in [6, 6.07) is 8.00. The van der Waals surface area contributed by atoms with Gasteiger partial charge in [0.1, 0.15) is 0 Å². The van der Waals surface area contributed by atoms with Gasteiger partial charge in [-0.3, -0.25) is 9.78 Å². The van der Waals surface area contributed by atoms with Gasteiger partial charge in [0.15, 0.2) is 0 Å². The molecule has 0 saturated heterocycles. The molecule has 1 amide bonds. The van der Waals surface area contributed by atoms with E-state index in [1.807, 2.05) is 35.5 Å². The number of amides is 1. The first kappa shape index (κ1) is 13.3. The summed E-state index contributed by atoms with van der Waals surface area (Å²) in [7, 11) is 1.88. The standard InChI is InChI=1S/C16H18N2OS/c1-18(10-7-13-4-2-3-9-17-13)16(19)15-14(8-11-20-15)12-5-6-12/h2-4,8-9,11-12H,5-7,10H2,1H3. The van der Waals surface area contributed by atoms with Gasteiger partial charge in [-0.1, -0.05) is 6.07 Å². The Morgan fingerprint density at radius 2 is 2.25 bits per heavy atom. The first-order valence-corrected chi connectivity index (χ1v) is 7.86. The van der Waals surface area contributed by atoms with E-state index in [9.17, 15) is 4.79 Å². The molecule has 0 bridgehead atoms. The highest BCUT2D eigenvalue weighted by Gasteiger charge is 2.29. The van der Waals surface area contributed by atoms with E-state index in [2.05, 4.69) is 11.1 Å². The highest BCUT2D eigenvalue weighted by molar-refractivity contribution is 7.12. The molecule has 0 spiro atoms. The van der Waals surface area contributed by atoms with Crippen LogP contribution in [0.4, 0.5) is 0 Å². The van der Waals surface area contributed by atoms with Crippen LogP contribution in [-0.4, -0.2) is 29.4 Å². The Kier molecular flexibility index (Phi) is 3.83. The van der Waals surface area contributed by atoms with Gasteiger partial charge in [-0.25, -0.2) is 0 Å². The minimum Gasteiger partial charge on any atom is -0.341 e. The molecule has 0 atom stereocenters. The second kappa shape index (κ2) is 5.75. The van der Waals surface area contributed by atoms with Gasteiger partial charge in [0.2, 0.25) is 0 Å². The molecule has 2 aromatic rings. The van der Waals surface area contributed by atoms with Crippen molar-refractivity contribution in [1.82, 2.24) is 9.88 Å². The number of aromatic nitrogens is 1. The van der Waals surface area contributed by atoms with Crippen molar-refractivity contribution in [3.05, 3.63) is 52.0 Å². The van der Waals surface area contributed by atoms with Crippen LogP contribution in [-0.2, 0) is 6.42 Å². The first-order chi connectivity index (χ1) is 9.75. The van der Waals surface area contributed by atoms with Gasteiger partial charge in [0.25, 0.3) is 5.91 Å². The Labute approximate surface area is 123 Å². The van der Waals surface area contributed by atoms with Crippen molar-refractivity contribution in [2.24, 2.45) is 0 Å². The van der Waals surface area contributed by atoms with Crippen LogP contribution in [0.3, 0.4) is 0 Å². The zero-order valence-corrected chi connectivity index (χ0v) is 12.4. The summed E-state index contributed by atoms with van der Waals surface area (Å²) in [5.74, 6) is 0.780. The molecule has 0 N–H and O–H groups in total. The fourth-order valence-corrected chi connectivity index (χ4v) is 3.29. The average molecular weight is 286 g/mol. The van der Waals surface area contributed by atoms with Crippen molar-refractivity contribution < 1.29 is 4.79 Å². The summed E-state index contributed by atoms with van der Waals surface area (Å²) in [4.78, 5) is 19.5. The molecular weight excluding hydrogens is 268 g/mol. The van der Waals surface area contributed by atoms with Crippen molar-refractivity contribution in [3.63, 3.8) is 0 Å². The minimum absolute atomic E-state index is 0.151. The van der Waals surface area contributed by atoms with Crippen LogP contribution in [0, 0.1) is 0 Å². The van der Waals surface area contributed by atoms with E-state index in [1.54, 1.807) is 17.5 Å². The van der Waals surface area contributed by atoms with E-state index in [-0.39, 0.29) is 5.91 Å². The summed E-state index contributed by atoms with van der Waals surface area (Å²) >= 11 is 1.57. The molecule has 1 fully saturated rings. The Balaban J connectivity index is 1.63. The highest BCUT2D eigenvalue weighted by Crippen LogP contribution is 2.43. The van der Waals surface area contributed by atoms with E-state index in [1.165, 1.54) is 18.4 Å². The van der Waals surface area contributed by atoms with E-state index < -0.39 is 0 Å². The SMILES string of the molecule is CN(CCc1ccccn1)C(=O)c1sccc1C1CC1. The minimum atomic E-state index is 0.151. The molecule has 0 aliphatic heterocycles. The summed E-state index contributed by atoms with van der Waals surface area (Å²) in [6.07, 6.45) is 5.05. The maximum absolute atomic E-state index is 12.5. The van der Waals surface area contributed by atoms with E-state index >= 15 is 0 Å². The van der Waals surface area contributed by atoms with Crippen molar-refractivity contribution in [1.29, 1.82) is 0 Å². The number of hydrogen-bond acceptors (Lipinski definition) is 3.